The highest BCUT2D eigenvalue weighted by molar-refractivity contribution is 7.11. The Morgan fingerprint density at radius 1 is 1.45 bits per heavy atom. The lowest BCUT2D eigenvalue weighted by Gasteiger charge is -2.33. The number of hydrogen-bond acceptors (Lipinski definition) is 5. The fourth-order valence-electron chi connectivity index (χ4n) is 2.83. The van der Waals surface area contributed by atoms with E-state index in [1.165, 1.54) is 29.3 Å². The Labute approximate surface area is 125 Å². The molecule has 1 aliphatic carbocycles. The van der Waals surface area contributed by atoms with E-state index in [9.17, 15) is 0 Å². The highest BCUT2D eigenvalue weighted by atomic mass is 32.1. The van der Waals surface area contributed by atoms with Crippen LogP contribution in [0.3, 0.4) is 0 Å². The summed E-state index contributed by atoms with van der Waals surface area (Å²) >= 11 is 1.82. The van der Waals surface area contributed by atoms with Crippen LogP contribution >= 0.6 is 11.3 Å². The Hall–Kier alpha value is -0.490. The summed E-state index contributed by atoms with van der Waals surface area (Å²) in [5, 5.41) is 1.17. The molecule has 4 nitrogen and oxygen atoms in total. The van der Waals surface area contributed by atoms with E-state index in [2.05, 4.69) is 28.8 Å². The molecule has 0 radical (unpaired) electrons. The van der Waals surface area contributed by atoms with Crippen LogP contribution in [0.4, 0.5) is 0 Å². The largest absolute Gasteiger partial charge is 0.374 e. The summed E-state index contributed by atoms with van der Waals surface area (Å²) < 4.78 is 5.93. The number of rotatable bonds is 6. The van der Waals surface area contributed by atoms with Crippen LogP contribution in [0.25, 0.3) is 0 Å². The van der Waals surface area contributed by atoms with Gasteiger partial charge >= 0.3 is 0 Å². The zero-order valence-corrected chi connectivity index (χ0v) is 13.4. The zero-order valence-electron chi connectivity index (χ0n) is 12.5. The Morgan fingerprint density at radius 2 is 2.30 bits per heavy atom. The van der Waals surface area contributed by atoms with E-state index >= 15 is 0 Å². The molecule has 0 spiro atoms. The summed E-state index contributed by atoms with van der Waals surface area (Å²) in [7, 11) is 2.19. The maximum Gasteiger partial charge on any atom is 0.0897 e. The second kappa shape index (κ2) is 6.52. The van der Waals surface area contributed by atoms with Crippen molar-refractivity contribution in [3.8, 4) is 0 Å². The molecule has 1 saturated heterocycles. The van der Waals surface area contributed by atoms with Crippen LogP contribution < -0.4 is 0 Å². The molecule has 0 aromatic carbocycles. The van der Waals surface area contributed by atoms with E-state index in [0.29, 0.717) is 6.10 Å². The van der Waals surface area contributed by atoms with Crippen molar-refractivity contribution in [2.24, 2.45) is 5.92 Å². The highest BCUT2D eigenvalue weighted by Crippen LogP contribution is 2.30. The molecule has 3 rings (SSSR count). The number of aromatic nitrogens is 1. The van der Waals surface area contributed by atoms with E-state index in [-0.39, 0.29) is 0 Å². The quantitative estimate of drug-likeness (QED) is 0.802. The Bertz CT molecular complexity index is 433. The Morgan fingerprint density at radius 3 is 2.95 bits per heavy atom. The molecule has 1 aliphatic heterocycles. The monoisotopic (exact) mass is 295 g/mol. The number of nitrogens with zero attached hydrogens (tertiary/aromatic N) is 3. The number of hydrogen-bond donors (Lipinski definition) is 0. The zero-order chi connectivity index (χ0) is 13.9. The van der Waals surface area contributed by atoms with Crippen molar-refractivity contribution in [3.63, 3.8) is 0 Å². The van der Waals surface area contributed by atoms with Gasteiger partial charge in [0, 0.05) is 43.8 Å². The van der Waals surface area contributed by atoms with Gasteiger partial charge in [-0.05, 0) is 32.7 Å². The Kier molecular flexibility index (Phi) is 4.71. The molecule has 5 heteroatoms. The SMILES string of the molecule is Cc1ncc(CN(CC2CC2)CC2CN(C)CCO2)s1. The van der Waals surface area contributed by atoms with Crippen molar-refractivity contribution in [2.45, 2.75) is 32.4 Å². The number of likely N-dealkylation sites (N-methyl/N-ethyl adjacent to an activating group) is 1. The van der Waals surface area contributed by atoms with Gasteiger partial charge in [0.05, 0.1) is 17.7 Å². The maximum atomic E-state index is 5.93. The summed E-state index contributed by atoms with van der Waals surface area (Å²) in [6.07, 6.45) is 5.21. The molecule has 1 atom stereocenters. The first-order valence-electron chi connectivity index (χ1n) is 7.63. The van der Waals surface area contributed by atoms with Crippen molar-refractivity contribution in [1.82, 2.24) is 14.8 Å². The minimum Gasteiger partial charge on any atom is -0.374 e. The van der Waals surface area contributed by atoms with Crippen molar-refractivity contribution in [1.29, 1.82) is 0 Å². The molecule has 1 saturated carbocycles. The van der Waals surface area contributed by atoms with Crippen LogP contribution in [0.5, 0.6) is 0 Å². The average Bonchev–Trinajstić information content (AvgIpc) is 3.11. The molecule has 0 amide bonds. The van der Waals surface area contributed by atoms with Crippen LogP contribution in [-0.4, -0.2) is 60.7 Å². The predicted molar refractivity (Wildman–Crippen MR) is 82.1 cm³/mol. The van der Waals surface area contributed by atoms with Gasteiger partial charge in [0.25, 0.3) is 0 Å². The van der Waals surface area contributed by atoms with Crippen molar-refractivity contribution < 1.29 is 4.74 Å². The van der Waals surface area contributed by atoms with Crippen LogP contribution in [0.1, 0.15) is 22.7 Å². The molecular weight excluding hydrogens is 270 g/mol. The minimum absolute atomic E-state index is 0.363. The van der Waals surface area contributed by atoms with Gasteiger partial charge in [-0.3, -0.25) is 4.90 Å². The van der Waals surface area contributed by atoms with Crippen LogP contribution in [0.2, 0.25) is 0 Å². The van der Waals surface area contributed by atoms with E-state index in [1.54, 1.807) is 0 Å². The number of aryl methyl sites for hydroxylation is 1. The first kappa shape index (κ1) is 14.4. The molecule has 0 bridgehead atoms. The number of thiazole rings is 1. The van der Waals surface area contributed by atoms with Crippen LogP contribution in [-0.2, 0) is 11.3 Å². The number of morpholine rings is 1. The molecule has 20 heavy (non-hydrogen) atoms. The summed E-state index contributed by atoms with van der Waals surface area (Å²) in [6, 6.07) is 0. The van der Waals surface area contributed by atoms with Gasteiger partial charge in [0.15, 0.2) is 0 Å². The van der Waals surface area contributed by atoms with Gasteiger partial charge in [-0.15, -0.1) is 11.3 Å². The topological polar surface area (TPSA) is 28.6 Å². The van der Waals surface area contributed by atoms with Crippen molar-refractivity contribution in [2.75, 3.05) is 39.8 Å². The average molecular weight is 295 g/mol. The molecule has 2 fully saturated rings. The number of ether oxygens (including phenoxy) is 1. The first-order chi connectivity index (χ1) is 9.69. The Balaban J connectivity index is 1.56. The molecule has 1 aromatic rings. The molecule has 0 N–H and O–H groups in total. The van der Waals surface area contributed by atoms with Crippen LogP contribution in [0.15, 0.2) is 6.20 Å². The summed E-state index contributed by atoms with van der Waals surface area (Å²) in [6.45, 7) is 8.39. The fraction of sp³-hybridized carbons (Fsp3) is 0.800. The third-order valence-electron chi connectivity index (χ3n) is 4.07. The molecule has 112 valence electrons. The lowest BCUT2D eigenvalue weighted by atomic mass is 10.2. The third-order valence-corrected chi connectivity index (χ3v) is 4.96. The molecule has 1 aromatic heterocycles. The fourth-order valence-corrected chi connectivity index (χ4v) is 3.67. The maximum absolute atomic E-state index is 5.93. The van der Waals surface area contributed by atoms with Gasteiger partial charge in [0.1, 0.15) is 0 Å². The first-order valence-corrected chi connectivity index (χ1v) is 8.44. The lowest BCUT2D eigenvalue weighted by molar-refractivity contribution is -0.0371. The van der Waals surface area contributed by atoms with Crippen molar-refractivity contribution in [3.05, 3.63) is 16.1 Å². The molecular formula is C15H25N3OS. The third kappa shape index (κ3) is 4.25. The van der Waals surface area contributed by atoms with E-state index in [4.69, 9.17) is 4.74 Å². The summed E-state index contributed by atoms with van der Waals surface area (Å²) in [5.41, 5.74) is 0. The van der Waals surface area contributed by atoms with Gasteiger partial charge in [-0.1, -0.05) is 0 Å². The molecule has 1 unspecified atom stereocenters. The predicted octanol–water partition coefficient (Wildman–Crippen LogP) is 1.99. The van der Waals surface area contributed by atoms with Crippen molar-refractivity contribution >= 4 is 11.3 Å². The normalized spacial score (nSPS) is 24.4. The van der Waals surface area contributed by atoms with Gasteiger partial charge in [-0.25, -0.2) is 4.98 Å². The standard InChI is InChI=1S/C15H25N3OS/c1-12-16-7-15(20-12)11-18(8-13-3-4-13)10-14-9-17(2)5-6-19-14/h7,13-14H,3-6,8-11H2,1-2H3. The summed E-state index contributed by atoms with van der Waals surface area (Å²) in [5.74, 6) is 0.922. The van der Waals surface area contributed by atoms with Gasteiger partial charge < -0.3 is 9.64 Å². The second-order valence-electron chi connectivity index (χ2n) is 6.24. The lowest BCUT2D eigenvalue weighted by Crippen LogP contribution is -2.46. The molecule has 2 heterocycles. The van der Waals surface area contributed by atoms with Crippen LogP contribution in [0, 0.1) is 12.8 Å². The van der Waals surface area contributed by atoms with Gasteiger partial charge in [-0.2, -0.15) is 0 Å². The van der Waals surface area contributed by atoms with Gasteiger partial charge in [0.2, 0.25) is 0 Å². The van der Waals surface area contributed by atoms with E-state index in [1.807, 2.05) is 17.5 Å². The summed E-state index contributed by atoms with van der Waals surface area (Å²) in [4.78, 5) is 10.7. The second-order valence-corrected chi connectivity index (χ2v) is 7.56. The molecule has 2 aliphatic rings. The van der Waals surface area contributed by atoms with E-state index in [0.717, 1.165) is 38.7 Å². The minimum atomic E-state index is 0.363. The smallest absolute Gasteiger partial charge is 0.0897 e. The van der Waals surface area contributed by atoms with E-state index < -0.39 is 0 Å². The highest BCUT2D eigenvalue weighted by Gasteiger charge is 2.27.